The zero-order chi connectivity index (χ0) is 17.9. The highest BCUT2D eigenvalue weighted by Crippen LogP contribution is 2.27. The van der Waals surface area contributed by atoms with Crippen molar-refractivity contribution in [2.24, 2.45) is 0 Å². The van der Waals surface area contributed by atoms with Gasteiger partial charge in [-0.05, 0) is 49.4 Å². The first kappa shape index (κ1) is 16.4. The predicted molar refractivity (Wildman–Crippen MR) is 98.9 cm³/mol. The molecule has 0 atom stereocenters. The number of benzene rings is 2. The Kier molecular flexibility index (Phi) is 4.41. The van der Waals surface area contributed by atoms with Gasteiger partial charge < -0.3 is 9.26 Å². The summed E-state index contributed by atoms with van der Waals surface area (Å²) in [7, 11) is 0. The average molecular weight is 367 g/mol. The van der Waals surface area contributed by atoms with Crippen LogP contribution in [0.25, 0.3) is 34.2 Å². The minimum Gasteiger partial charge on any atom is -0.494 e. The van der Waals surface area contributed by atoms with Crippen molar-refractivity contribution in [3.05, 3.63) is 59.6 Å². The van der Waals surface area contributed by atoms with Gasteiger partial charge in [0, 0.05) is 16.1 Å². The first-order chi connectivity index (χ1) is 12.7. The molecule has 1 N–H and O–H groups in total. The van der Waals surface area contributed by atoms with Crippen LogP contribution >= 0.6 is 11.6 Å². The minimum atomic E-state index is 0.370. The first-order valence-electron chi connectivity index (χ1n) is 8.11. The Morgan fingerprint density at radius 1 is 1.08 bits per heavy atom. The number of nitrogens with one attached hydrogen (secondary N) is 1. The van der Waals surface area contributed by atoms with Gasteiger partial charge in [-0.1, -0.05) is 28.9 Å². The van der Waals surface area contributed by atoms with E-state index in [1.54, 1.807) is 0 Å². The van der Waals surface area contributed by atoms with Gasteiger partial charge in [0.1, 0.15) is 11.4 Å². The summed E-state index contributed by atoms with van der Waals surface area (Å²) in [5.74, 6) is 1.68. The van der Waals surface area contributed by atoms with E-state index in [-0.39, 0.29) is 0 Å². The van der Waals surface area contributed by atoms with Gasteiger partial charge in [-0.25, -0.2) is 0 Å². The fourth-order valence-corrected chi connectivity index (χ4v) is 2.73. The SMILES string of the molecule is CCOc1ccc(-c2noc(-c3cc(-c4cccc(Cl)c4)n[nH]3)n2)cc1. The van der Waals surface area contributed by atoms with Crippen molar-refractivity contribution in [1.29, 1.82) is 0 Å². The van der Waals surface area contributed by atoms with Crippen LogP contribution in [0.15, 0.2) is 59.1 Å². The smallest absolute Gasteiger partial charge is 0.276 e. The molecular formula is C19H15ClN4O2. The molecule has 7 heteroatoms. The summed E-state index contributed by atoms with van der Waals surface area (Å²) in [6.45, 7) is 2.57. The summed E-state index contributed by atoms with van der Waals surface area (Å²) in [4.78, 5) is 4.44. The van der Waals surface area contributed by atoms with Gasteiger partial charge in [-0.3, -0.25) is 5.10 Å². The molecule has 130 valence electrons. The molecule has 6 nitrogen and oxygen atoms in total. The van der Waals surface area contributed by atoms with Gasteiger partial charge in [-0.15, -0.1) is 0 Å². The standard InChI is InChI=1S/C19H15ClN4O2/c1-2-25-15-8-6-12(7-9-15)18-21-19(26-24-18)17-11-16(22-23-17)13-4-3-5-14(20)10-13/h3-11H,2H2,1H3,(H,22,23). The van der Waals surface area contributed by atoms with Crippen molar-refractivity contribution in [3.63, 3.8) is 0 Å². The number of aromatic nitrogens is 4. The normalized spacial score (nSPS) is 10.8. The molecule has 0 amide bonds. The molecule has 0 saturated heterocycles. The third-order valence-corrected chi connectivity index (χ3v) is 4.01. The third kappa shape index (κ3) is 3.32. The molecule has 0 aliphatic carbocycles. The van der Waals surface area contributed by atoms with E-state index in [0.29, 0.717) is 29.0 Å². The predicted octanol–water partition coefficient (Wildman–Crippen LogP) is 4.85. The Morgan fingerprint density at radius 2 is 1.92 bits per heavy atom. The highest BCUT2D eigenvalue weighted by Gasteiger charge is 2.14. The molecule has 0 saturated carbocycles. The monoisotopic (exact) mass is 366 g/mol. The van der Waals surface area contributed by atoms with Crippen LogP contribution in [-0.4, -0.2) is 26.9 Å². The van der Waals surface area contributed by atoms with Gasteiger partial charge in [0.25, 0.3) is 5.89 Å². The molecule has 2 heterocycles. The van der Waals surface area contributed by atoms with E-state index in [9.17, 15) is 0 Å². The van der Waals surface area contributed by atoms with Gasteiger partial charge in [0.05, 0.1) is 12.3 Å². The summed E-state index contributed by atoms with van der Waals surface area (Å²) >= 11 is 6.03. The van der Waals surface area contributed by atoms with Gasteiger partial charge in [-0.2, -0.15) is 10.1 Å². The molecule has 0 spiro atoms. The Morgan fingerprint density at radius 3 is 2.69 bits per heavy atom. The molecule has 0 bridgehead atoms. The van der Waals surface area contributed by atoms with E-state index in [0.717, 1.165) is 22.6 Å². The molecule has 0 fully saturated rings. The highest BCUT2D eigenvalue weighted by atomic mass is 35.5. The van der Waals surface area contributed by atoms with E-state index in [1.165, 1.54) is 0 Å². The number of rotatable bonds is 5. The summed E-state index contributed by atoms with van der Waals surface area (Å²) in [6.07, 6.45) is 0. The Hall–Kier alpha value is -3.12. The fourth-order valence-electron chi connectivity index (χ4n) is 2.54. The van der Waals surface area contributed by atoms with Gasteiger partial charge in [0.2, 0.25) is 5.82 Å². The Labute approximate surface area is 154 Å². The average Bonchev–Trinajstić information content (AvgIpc) is 3.32. The number of hydrogen-bond acceptors (Lipinski definition) is 5. The zero-order valence-corrected chi connectivity index (χ0v) is 14.7. The van der Waals surface area contributed by atoms with Crippen molar-refractivity contribution >= 4 is 11.6 Å². The number of H-pyrrole nitrogens is 1. The lowest BCUT2D eigenvalue weighted by molar-refractivity contribution is 0.340. The molecule has 0 radical (unpaired) electrons. The van der Waals surface area contributed by atoms with Crippen LogP contribution in [0.2, 0.25) is 5.02 Å². The molecule has 0 unspecified atom stereocenters. The molecule has 2 aromatic heterocycles. The third-order valence-electron chi connectivity index (χ3n) is 3.78. The number of nitrogens with zero attached hydrogens (tertiary/aromatic N) is 3. The topological polar surface area (TPSA) is 76.8 Å². The minimum absolute atomic E-state index is 0.370. The first-order valence-corrected chi connectivity index (χ1v) is 8.49. The lowest BCUT2D eigenvalue weighted by Crippen LogP contribution is -1.90. The van der Waals surface area contributed by atoms with Crippen LogP contribution in [0.4, 0.5) is 0 Å². The lowest BCUT2D eigenvalue weighted by Gasteiger charge is -2.02. The van der Waals surface area contributed by atoms with Crippen LogP contribution in [0.5, 0.6) is 5.75 Å². The second kappa shape index (κ2) is 7.01. The fraction of sp³-hybridized carbons (Fsp3) is 0.105. The maximum Gasteiger partial charge on any atom is 0.276 e. The maximum absolute atomic E-state index is 6.03. The van der Waals surface area contributed by atoms with Crippen molar-refractivity contribution < 1.29 is 9.26 Å². The summed E-state index contributed by atoms with van der Waals surface area (Å²) < 4.78 is 10.8. The van der Waals surface area contributed by atoms with E-state index in [4.69, 9.17) is 20.9 Å². The molecule has 26 heavy (non-hydrogen) atoms. The molecule has 4 rings (SSSR count). The number of ether oxygens (including phenoxy) is 1. The Balaban J connectivity index is 1.58. The molecule has 2 aromatic carbocycles. The lowest BCUT2D eigenvalue weighted by atomic mass is 10.1. The molecule has 4 aromatic rings. The zero-order valence-electron chi connectivity index (χ0n) is 13.9. The van der Waals surface area contributed by atoms with E-state index < -0.39 is 0 Å². The van der Waals surface area contributed by atoms with Crippen molar-refractivity contribution in [3.8, 4) is 40.0 Å². The van der Waals surface area contributed by atoms with Crippen molar-refractivity contribution in [1.82, 2.24) is 20.3 Å². The van der Waals surface area contributed by atoms with E-state index >= 15 is 0 Å². The summed E-state index contributed by atoms with van der Waals surface area (Å²) in [5.41, 5.74) is 3.15. The van der Waals surface area contributed by atoms with Crippen LogP contribution in [0, 0.1) is 0 Å². The second-order valence-corrected chi connectivity index (χ2v) is 5.99. The van der Waals surface area contributed by atoms with Crippen LogP contribution in [0.1, 0.15) is 6.92 Å². The van der Waals surface area contributed by atoms with Gasteiger partial charge in [0.15, 0.2) is 0 Å². The second-order valence-electron chi connectivity index (χ2n) is 5.56. The summed E-state index contributed by atoms with van der Waals surface area (Å²) in [5, 5.41) is 11.9. The maximum atomic E-state index is 6.03. The Bertz CT molecular complexity index is 1020. The number of halogens is 1. The van der Waals surface area contributed by atoms with E-state index in [2.05, 4.69) is 20.3 Å². The molecule has 0 aliphatic heterocycles. The van der Waals surface area contributed by atoms with Crippen molar-refractivity contribution in [2.45, 2.75) is 6.92 Å². The molecule has 0 aliphatic rings. The highest BCUT2D eigenvalue weighted by molar-refractivity contribution is 6.30. The van der Waals surface area contributed by atoms with Gasteiger partial charge >= 0.3 is 0 Å². The quantitative estimate of drug-likeness (QED) is 0.546. The molecular weight excluding hydrogens is 352 g/mol. The number of hydrogen-bond donors (Lipinski definition) is 1. The van der Waals surface area contributed by atoms with Crippen LogP contribution in [0.3, 0.4) is 0 Å². The largest absolute Gasteiger partial charge is 0.494 e. The van der Waals surface area contributed by atoms with E-state index in [1.807, 2.05) is 61.5 Å². The van der Waals surface area contributed by atoms with Crippen molar-refractivity contribution in [2.75, 3.05) is 6.61 Å². The number of aromatic amines is 1. The van der Waals surface area contributed by atoms with Crippen LogP contribution in [-0.2, 0) is 0 Å². The van der Waals surface area contributed by atoms with Crippen LogP contribution < -0.4 is 4.74 Å². The summed E-state index contributed by atoms with van der Waals surface area (Å²) in [6, 6.07) is 16.9.